The van der Waals surface area contributed by atoms with Gasteiger partial charge in [-0.15, -0.1) is 0 Å². The molecule has 0 aromatic rings. The van der Waals surface area contributed by atoms with Crippen LogP contribution in [0.2, 0.25) is 0 Å². The van der Waals surface area contributed by atoms with Gasteiger partial charge in [-0.25, -0.2) is 5.06 Å². The summed E-state index contributed by atoms with van der Waals surface area (Å²) in [6, 6.07) is 0.136. The molecule has 1 amide bonds. The van der Waals surface area contributed by atoms with Gasteiger partial charge in [0.25, 0.3) is 0 Å². The van der Waals surface area contributed by atoms with Crippen molar-refractivity contribution in [1.29, 1.82) is 0 Å². The third kappa shape index (κ3) is 4.90. The summed E-state index contributed by atoms with van der Waals surface area (Å²) in [5.74, 6) is 0.133. The maximum Gasteiger partial charge on any atom is 0.246 e. The highest BCUT2D eigenvalue weighted by Gasteiger charge is 2.21. The van der Waals surface area contributed by atoms with Gasteiger partial charge in [-0.05, 0) is 46.5 Å². The molecule has 0 fully saturated rings. The van der Waals surface area contributed by atoms with E-state index in [2.05, 4.69) is 19.9 Å². The molecule has 1 heterocycles. The molecule has 17 heavy (non-hydrogen) atoms. The summed E-state index contributed by atoms with van der Waals surface area (Å²) < 4.78 is 0. The molecule has 1 unspecified atom stereocenters. The van der Waals surface area contributed by atoms with Gasteiger partial charge < -0.3 is 0 Å². The fraction of sp³-hybridized carbons (Fsp3) is 0.786. The third-order valence-electron chi connectivity index (χ3n) is 3.12. The Bertz CT molecular complexity index is 273. The molecule has 1 atom stereocenters. The normalized spacial score (nSPS) is 27.2. The lowest BCUT2D eigenvalue weighted by Crippen LogP contribution is -2.38. The lowest BCUT2D eigenvalue weighted by Gasteiger charge is -2.28. The molecule has 0 spiro atoms. The monoisotopic (exact) mass is 239 g/mol. The summed E-state index contributed by atoms with van der Waals surface area (Å²) >= 11 is 0. The Morgan fingerprint density at radius 2 is 2.18 bits per heavy atom. The van der Waals surface area contributed by atoms with Crippen molar-refractivity contribution in [3.05, 3.63) is 11.6 Å². The number of nitrogens with zero attached hydrogens (tertiary/aromatic N) is 1. The fourth-order valence-corrected chi connectivity index (χ4v) is 2.27. The zero-order valence-electron chi connectivity index (χ0n) is 11.4. The van der Waals surface area contributed by atoms with E-state index in [1.807, 2.05) is 6.92 Å². The van der Waals surface area contributed by atoms with E-state index in [9.17, 15) is 4.79 Å². The minimum atomic E-state index is 0.133. The zero-order valence-corrected chi connectivity index (χ0v) is 11.4. The second-order valence-corrected chi connectivity index (χ2v) is 4.84. The molecule has 1 aliphatic heterocycles. The van der Waals surface area contributed by atoms with Gasteiger partial charge in [0.05, 0.1) is 12.6 Å². The Morgan fingerprint density at radius 1 is 1.41 bits per heavy atom. The summed E-state index contributed by atoms with van der Waals surface area (Å²) in [5.41, 5.74) is 1.36. The van der Waals surface area contributed by atoms with Crippen molar-refractivity contribution in [3.63, 3.8) is 0 Å². The van der Waals surface area contributed by atoms with Crippen molar-refractivity contribution in [2.75, 3.05) is 6.61 Å². The first kappa shape index (κ1) is 14.2. The van der Waals surface area contributed by atoms with E-state index in [0.717, 1.165) is 25.7 Å². The molecule has 1 aliphatic rings. The van der Waals surface area contributed by atoms with Crippen LogP contribution in [0.15, 0.2) is 11.6 Å². The second-order valence-electron chi connectivity index (χ2n) is 4.84. The molecule has 3 nitrogen and oxygen atoms in total. The molecule has 0 bridgehead atoms. The number of hydroxylamine groups is 2. The van der Waals surface area contributed by atoms with E-state index in [0.29, 0.717) is 13.0 Å². The number of amides is 1. The summed E-state index contributed by atoms with van der Waals surface area (Å²) in [5, 5.41) is 1.59. The van der Waals surface area contributed by atoms with Gasteiger partial charge in [0.2, 0.25) is 5.91 Å². The lowest BCUT2D eigenvalue weighted by atomic mass is 10.1. The number of allylic oxidation sites excluding steroid dienone is 1. The van der Waals surface area contributed by atoms with E-state index in [1.165, 1.54) is 12.0 Å². The van der Waals surface area contributed by atoms with Gasteiger partial charge in [0.1, 0.15) is 0 Å². The van der Waals surface area contributed by atoms with Gasteiger partial charge in [-0.1, -0.05) is 18.1 Å². The van der Waals surface area contributed by atoms with Gasteiger partial charge in [-0.2, -0.15) is 0 Å². The quantitative estimate of drug-likeness (QED) is 0.691. The Balaban J connectivity index is 2.72. The van der Waals surface area contributed by atoms with E-state index < -0.39 is 0 Å². The van der Waals surface area contributed by atoms with Crippen LogP contribution in [0.4, 0.5) is 0 Å². The van der Waals surface area contributed by atoms with Crippen LogP contribution in [0.25, 0.3) is 0 Å². The highest BCUT2D eigenvalue weighted by atomic mass is 16.7. The van der Waals surface area contributed by atoms with Crippen LogP contribution >= 0.6 is 0 Å². The first-order valence-electron chi connectivity index (χ1n) is 6.75. The van der Waals surface area contributed by atoms with Crippen LogP contribution in [-0.4, -0.2) is 23.6 Å². The van der Waals surface area contributed by atoms with Crippen molar-refractivity contribution in [1.82, 2.24) is 5.06 Å². The summed E-state index contributed by atoms with van der Waals surface area (Å²) in [6.45, 7) is 6.68. The average Bonchev–Trinajstić information content (AvgIpc) is 2.31. The molecule has 3 heteroatoms. The number of rotatable bonds is 2. The molecule has 0 radical (unpaired) electrons. The molecule has 1 rings (SSSR count). The molecule has 0 aromatic heterocycles. The molecular weight excluding hydrogens is 214 g/mol. The van der Waals surface area contributed by atoms with Crippen molar-refractivity contribution in [2.45, 2.75) is 65.3 Å². The Morgan fingerprint density at radius 3 is 2.88 bits per heavy atom. The fourth-order valence-electron chi connectivity index (χ4n) is 2.27. The van der Waals surface area contributed by atoms with E-state index in [4.69, 9.17) is 4.84 Å². The minimum Gasteiger partial charge on any atom is -0.273 e. The van der Waals surface area contributed by atoms with E-state index >= 15 is 0 Å². The van der Waals surface area contributed by atoms with Crippen molar-refractivity contribution in [2.24, 2.45) is 0 Å². The molecular formula is C14H25NO2. The Kier molecular flexibility index (Phi) is 6.27. The predicted octanol–water partition coefficient (Wildman–Crippen LogP) is 3.46. The molecule has 0 saturated heterocycles. The smallest absolute Gasteiger partial charge is 0.246 e. The summed E-state index contributed by atoms with van der Waals surface area (Å²) in [6.07, 6.45) is 8.26. The number of hydrogen-bond acceptors (Lipinski definition) is 2. The van der Waals surface area contributed by atoms with Gasteiger partial charge in [-0.3, -0.25) is 9.63 Å². The SMILES string of the molecule is CCON1C(=O)CCCCC/C=C(\C)CC1C. The van der Waals surface area contributed by atoms with Crippen LogP contribution in [0.3, 0.4) is 0 Å². The largest absolute Gasteiger partial charge is 0.273 e. The maximum atomic E-state index is 12.0. The molecule has 0 N–H and O–H groups in total. The second kappa shape index (κ2) is 7.49. The van der Waals surface area contributed by atoms with E-state index in [1.54, 1.807) is 5.06 Å². The first-order valence-corrected chi connectivity index (χ1v) is 6.75. The van der Waals surface area contributed by atoms with Crippen molar-refractivity contribution in [3.8, 4) is 0 Å². The Hall–Kier alpha value is -0.830. The predicted molar refractivity (Wildman–Crippen MR) is 69.4 cm³/mol. The topological polar surface area (TPSA) is 29.5 Å². The minimum absolute atomic E-state index is 0.133. The van der Waals surface area contributed by atoms with Gasteiger partial charge in [0.15, 0.2) is 0 Å². The molecule has 0 aromatic carbocycles. The first-order chi connectivity index (χ1) is 8.15. The lowest BCUT2D eigenvalue weighted by molar-refractivity contribution is -0.196. The van der Waals surface area contributed by atoms with Crippen LogP contribution in [-0.2, 0) is 9.63 Å². The standard InChI is InChI=1S/C14H25NO2/c1-4-17-15-13(3)11-12(2)9-7-5-6-8-10-14(15)16/h9,13H,4-8,10-11H2,1-3H3/b12-9+. The maximum absolute atomic E-state index is 12.0. The van der Waals surface area contributed by atoms with Crippen LogP contribution in [0.5, 0.6) is 0 Å². The number of carbonyl (C=O) groups excluding carboxylic acids is 1. The zero-order chi connectivity index (χ0) is 12.7. The number of hydrogen-bond donors (Lipinski definition) is 0. The van der Waals surface area contributed by atoms with Crippen LogP contribution in [0, 0.1) is 0 Å². The molecule has 0 saturated carbocycles. The average molecular weight is 239 g/mol. The van der Waals surface area contributed by atoms with Crippen molar-refractivity contribution >= 4 is 5.91 Å². The highest BCUT2D eigenvalue weighted by molar-refractivity contribution is 5.75. The van der Waals surface area contributed by atoms with Crippen LogP contribution < -0.4 is 0 Å². The third-order valence-corrected chi connectivity index (χ3v) is 3.12. The van der Waals surface area contributed by atoms with Crippen molar-refractivity contribution < 1.29 is 9.63 Å². The van der Waals surface area contributed by atoms with Crippen LogP contribution in [0.1, 0.15) is 59.3 Å². The molecule has 98 valence electrons. The molecule has 0 aliphatic carbocycles. The van der Waals surface area contributed by atoms with E-state index in [-0.39, 0.29) is 11.9 Å². The Labute approximate surface area is 105 Å². The number of carbonyl (C=O) groups is 1. The highest BCUT2D eigenvalue weighted by Crippen LogP contribution is 2.17. The van der Waals surface area contributed by atoms with Gasteiger partial charge in [0, 0.05) is 6.42 Å². The van der Waals surface area contributed by atoms with Gasteiger partial charge >= 0.3 is 0 Å². The summed E-state index contributed by atoms with van der Waals surface area (Å²) in [7, 11) is 0. The summed E-state index contributed by atoms with van der Waals surface area (Å²) in [4.78, 5) is 17.5.